The Bertz CT molecular complexity index is 1650. The van der Waals surface area contributed by atoms with E-state index >= 15 is 0 Å². The lowest BCUT2D eigenvalue weighted by Gasteiger charge is -2.25. The van der Waals surface area contributed by atoms with E-state index in [1.54, 1.807) is 43.5 Å². The number of para-hydroxylation sites is 1. The average molecular weight is 572 g/mol. The van der Waals surface area contributed by atoms with Gasteiger partial charge in [-0.15, -0.1) is 0 Å². The van der Waals surface area contributed by atoms with Crippen LogP contribution in [-0.4, -0.2) is 47.3 Å². The second-order valence-electron chi connectivity index (χ2n) is 9.25. The quantitative estimate of drug-likeness (QED) is 0.454. The highest BCUT2D eigenvalue weighted by Crippen LogP contribution is 2.43. The minimum Gasteiger partial charge on any atom is -0.497 e. The number of benzene rings is 3. The lowest BCUT2D eigenvalue weighted by atomic mass is 9.98. The summed E-state index contributed by atoms with van der Waals surface area (Å²) in [6, 6.07) is 21.4. The summed E-state index contributed by atoms with van der Waals surface area (Å²) in [4.78, 5) is 45.3. The number of carbonyl (C=O) groups excluding carboxylic acids is 3. The van der Waals surface area contributed by atoms with Crippen molar-refractivity contribution in [1.29, 1.82) is 0 Å². The molecule has 0 spiro atoms. The van der Waals surface area contributed by atoms with Gasteiger partial charge in [-0.25, -0.2) is 5.01 Å². The highest BCUT2D eigenvalue weighted by Gasteiger charge is 2.41. The monoisotopic (exact) mass is 571 g/mol. The first kappa shape index (κ1) is 25.8. The molecule has 11 heteroatoms. The molecule has 200 valence electrons. The van der Waals surface area contributed by atoms with Gasteiger partial charge in [-0.05, 0) is 65.4 Å². The predicted molar refractivity (Wildman–Crippen MR) is 155 cm³/mol. The molecular weight excluding hydrogens is 550 g/mol. The van der Waals surface area contributed by atoms with Crippen molar-refractivity contribution >= 4 is 63.2 Å². The van der Waals surface area contributed by atoms with Crippen molar-refractivity contribution in [2.24, 2.45) is 15.8 Å². The number of hydrazone groups is 1. The first-order chi connectivity index (χ1) is 19.3. The maximum Gasteiger partial charge on any atom is 0.287 e. The van der Waals surface area contributed by atoms with E-state index in [0.717, 1.165) is 28.6 Å². The van der Waals surface area contributed by atoms with E-state index in [9.17, 15) is 14.4 Å². The highest BCUT2D eigenvalue weighted by atomic mass is 35.5. The fourth-order valence-corrected chi connectivity index (χ4v) is 5.88. The van der Waals surface area contributed by atoms with Gasteiger partial charge >= 0.3 is 0 Å². The molecule has 0 saturated heterocycles. The van der Waals surface area contributed by atoms with Crippen LogP contribution in [0.1, 0.15) is 29.2 Å². The topological polar surface area (TPSA) is 118 Å². The molecule has 0 aliphatic carbocycles. The van der Waals surface area contributed by atoms with Gasteiger partial charge in [-0.3, -0.25) is 19.3 Å². The van der Waals surface area contributed by atoms with Gasteiger partial charge in [-0.2, -0.15) is 10.1 Å². The Morgan fingerprint density at radius 2 is 1.80 bits per heavy atom. The molecule has 40 heavy (non-hydrogen) atoms. The molecule has 1 unspecified atom stereocenters. The minimum atomic E-state index is -0.565. The highest BCUT2D eigenvalue weighted by molar-refractivity contribution is 8.18. The molecule has 3 aliphatic heterocycles. The summed E-state index contributed by atoms with van der Waals surface area (Å²) in [6.07, 6.45) is 0.474. The van der Waals surface area contributed by atoms with Gasteiger partial charge in [0.2, 0.25) is 0 Å². The van der Waals surface area contributed by atoms with Gasteiger partial charge in [0.1, 0.15) is 12.3 Å². The molecular formula is C29H22ClN5O4S. The van der Waals surface area contributed by atoms with Crippen molar-refractivity contribution in [3.63, 3.8) is 0 Å². The van der Waals surface area contributed by atoms with Crippen LogP contribution in [0.3, 0.4) is 0 Å². The van der Waals surface area contributed by atoms with Gasteiger partial charge in [0, 0.05) is 17.0 Å². The Kier molecular flexibility index (Phi) is 6.65. The molecule has 0 fully saturated rings. The number of hydrogen-bond acceptors (Lipinski definition) is 7. The van der Waals surface area contributed by atoms with Crippen LogP contribution < -0.4 is 15.4 Å². The standard InChI is InChI=1S/C29H22ClN5O4S/c1-39-19-12-8-16(9-13-19)21-14-23(17-6-10-18(30)11-7-17)35(33-21)24(36)15-34-22-5-3-2-4-20(22)25(28(34)38)26-27(37)32-29(31)40-26/h2-13,23H,14-15H2,1H3,(H2,31,32,37)/b26-25-. The van der Waals surface area contributed by atoms with Crippen molar-refractivity contribution in [2.75, 3.05) is 18.6 Å². The lowest BCUT2D eigenvalue weighted by molar-refractivity contribution is -0.132. The Hall–Kier alpha value is -4.41. The van der Waals surface area contributed by atoms with E-state index in [4.69, 9.17) is 27.2 Å². The molecule has 0 bridgehead atoms. The number of aliphatic imine (C=N–C) groups is 1. The number of carbonyl (C=O) groups is 3. The SMILES string of the molecule is COc1ccc(C2=NN(C(=O)CN3C(=O)/C(=C4\SC(N)=NC4=O)c4ccccc43)C(c3ccc(Cl)cc3)C2)cc1. The van der Waals surface area contributed by atoms with Crippen LogP contribution in [0, 0.1) is 0 Å². The van der Waals surface area contributed by atoms with Gasteiger partial charge in [0.15, 0.2) is 5.17 Å². The van der Waals surface area contributed by atoms with E-state index in [0.29, 0.717) is 28.4 Å². The van der Waals surface area contributed by atoms with Gasteiger partial charge in [-0.1, -0.05) is 41.9 Å². The van der Waals surface area contributed by atoms with Crippen molar-refractivity contribution in [3.05, 3.63) is 99.4 Å². The van der Waals surface area contributed by atoms with E-state index in [1.165, 1.54) is 9.91 Å². The van der Waals surface area contributed by atoms with E-state index in [2.05, 4.69) is 4.99 Å². The Morgan fingerprint density at radius 3 is 2.48 bits per heavy atom. The molecule has 1 atom stereocenters. The predicted octanol–water partition coefficient (Wildman–Crippen LogP) is 4.37. The third kappa shape index (κ3) is 4.55. The molecule has 9 nitrogen and oxygen atoms in total. The molecule has 3 aliphatic rings. The van der Waals surface area contributed by atoms with Crippen LogP contribution >= 0.6 is 23.4 Å². The van der Waals surface area contributed by atoms with Crippen LogP contribution in [0.5, 0.6) is 5.75 Å². The fraction of sp³-hybridized carbons (Fsp3) is 0.138. The number of amides is 3. The summed E-state index contributed by atoms with van der Waals surface area (Å²) < 4.78 is 5.27. The summed E-state index contributed by atoms with van der Waals surface area (Å²) in [6.45, 7) is -0.273. The summed E-state index contributed by atoms with van der Waals surface area (Å²) >= 11 is 7.08. The van der Waals surface area contributed by atoms with Gasteiger partial charge in [0.25, 0.3) is 17.7 Å². The molecule has 3 heterocycles. The van der Waals surface area contributed by atoms with Crippen LogP contribution in [-0.2, 0) is 14.4 Å². The number of amidine groups is 1. The van der Waals surface area contributed by atoms with Crippen molar-refractivity contribution in [2.45, 2.75) is 12.5 Å². The van der Waals surface area contributed by atoms with Gasteiger partial charge < -0.3 is 10.5 Å². The Labute approximate surface area is 238 Å². The number of halogens is 1. The second-order valence-corrected chi connectivity index (χ2v) is 10.7. The molecule has 6 rings (SSSR count). The smallest absolute Gasteiger partial charge is 0.287 e. The lowest BCUT2D eigenvalue weighted by Crippen LogP contribution is -2.39. The summed E-state index contributed by atoms with van der Waals surface area (Å²) in [5, 5.41) is 6.81. The zero-order chi connectivity index (χ0) is 28.0. The first-order valence-electron chi connectivity index (χ1n) is 12.4. The number of ether oxygens (including phenoxy) is 1. The number of nitrogens with zero attached hydrogens (tertiary/aromatic N) is 4. The molecule has 3 aromatic rings. The van der Waals surface area contributed by atoms with E-state index in [1.807, 2.05) is 36.4 Å². The Morgan fingerprint density at radius 1 is 1.07 bits per heavy atom. The molecule has 0 aromatic heterocycles. The second kappa shape index (κ2) is 10.3. The van der Waals surface area contributed by atoms with Crippen LogP contribution in [0.15, 0.2) is 87.8 Å². The average Bonchev–Trinajstić information content (AvgIpc) is 3.63. The van der Waals surface area contributed by atoms with E-state index < -0.39 is 17.9 Å². The maximum atomic E-state index is 13.9. The number of rotatable bonds is 5. The fourth-order valence-electron chi connectivity index (χ4n) is 4.99. The first-order valence-corrected chi connectivity index (χ1v) is 13.5. The van der Waals surface area contributed by atoms with Gasteiger partial charge in [0.05, 0.1) is 35.0 Å². The zero-order valence-electron chi connectivity index (χ0n) is 21.2. The Balaban J connectivity index is 1.34. The van der Waals surface area contributed by atoms with Crippen molar-refractivity contribution in [1.82, 2.24) is 5.01 Å². The zero-order valence-corrected chi connectivity index (χ0v) is 22.8. The summed E-state index contributed by atoms with van der Waals surface area (Å²) in [5.74, 6) is -0.687. The number of hydrogen-bond donors (Lipinski definition) is 1. The largest absolute Gasteiger partial charge is 0.497 e. The number of nitrogens with two attached hydrogens (primary N) is 1. The number of fused-ring (bicyclic) bond motifs is 1. The van der Waals surface area contributed by atoms with Crippen LogP contribution in [0.4, 0.5) is 5.69 Å². The molecule has 2 N–H and O–H groups in total. The maximum absolute atomic E-state index is 13.9. The van der Waals surface area contributed by atoms with Crippen molar-refractivity contribution < 1.29 is 19.1 Å². The number of anilines is 1. The molecule has 3 amide bonds. The molecule has 0 radical (unpaired) electrons. The summed E-state index contributed by atoms with van der Waals surface area (Å²) in [7, 11) is 1.60. The molecule has 3 aromatic carbocycles. The third-order valence-electron chi connectivity index (χ3n) is 6.90. The minimum absolute atomic E-state index is 0.0792. The van der Waals surface area contributed by atoms with Crippen LogP contribution in [0.2, 0.25) is 5.02 Å². The van der Waals surface area contributed by atoms with Crippen LogP contribution in [0.25, 0.3) is 5.57 Å². The summed E-state index contributed by atoms with van der Waals surface area (Å²) in [5.41, 5.74) is 9.48. The molecule has 0 saturated carbocycles. The third-order valence-corrected chi connectivity index (χ3v) is 8.04. The van der Waals surface area contributed by atoms with Crippen molar-refractivity contribution in [3.8, 4) is 5.75 Å². The number of thioether (sulfide) groups is 1. The number of methoxy groups -OCH3 is 1. The van der Waals surface area contributed by atoms with E-state index in [-0.39, 0.29) is 28.1 Å². The normalized spacial score (nSPS) is 20.1.